The Balaban J connectivity index is 1.69. The highest BCUT2D eigenvalue weighted by atomic mass is 79.9. The van der Waals surface area contributed by atoms with Crippen LogP contribution in [0.4, 0.5) is 0 Å². The Bertz CT molecular complexity index is 826. The van der Waals surface area contributed by atoms with Crippen molar-refractivity contribution in [1.82, 2.24) is 20.4 Å². The van der Waals surface area contributed by atoms with Gasteiger partial charge < -0.3 is 15.7 Å². The molecule has 1 aromatic heterocycles. The highest BCUT2D eigenvalue weighted by Crippen LogP contribution is 2.43. The van der Waals surface area contributed by atoms with Gasteiger partial charge in [0.15, 0.2) is 5.96 Å². The molecule has 0 radical (unpaired) electrons. The van der Waals surface area contributed by atoms with Crippen molar-refractivity contribution in [2.75, 3.05) is 19.6 Å². The molecule has 1 atom stereocenters. The number of halogens is 1. The van der Waals surface area contributed by atoms with Gasteiger partial charge in [0.05, 0.1) is 12.7 Å². The Kier molecular flexibility index (Phi) is 6.45. The summed E-state index contributed by atoms with van der Waals surface area (Å²) < 4.78 is 2.80. The fraction of sp³-hybridized carbons (Fsp3) is 0.524. The molecule has 0 saturated heterocycles. The lowest BCUT2D eigenvalue weighted by molar-refractivity contribution is 0.0671. The molecule has 1 aliphatic rings. The fourth-order valence-electron chi connectivity index (χ4n) is 3.61. The molecule has 0 bridgehead atoms. The number of guanidine groups is 1. The van der Waals surface area contributed by atoms with E-state index >= 15 is 0 Å². The molecule has 152 valence electrons. The Hall–Kier alpha value is -1.86. The van der Waals surface area contributed by atoms with Gasteiger partial charge in [0.1, 0.15) is 5.60 Å². The Morgan fingerprint density at radius 3 is 2.75 bits per heavy atom. The molecular weight excluding hydrogens is 418 g/mol. The second-order valence-electron chi connectivity index (χ2n) is 7.87. The highest BCUT2D eigenvalue weighted by Gasteiger charge is 2.38. The van der Waals surface area contributed by atoms with Gasteiger partial charge in [-0.1, -0.05) is 34.5 Å². The maximum atomic E-state index is 10.8. The Morgan fingerprint density at radius 2 is 2.18 bits per heavy atom. The first-order valence-electron chi connectivity index (χ1n) is 9.84. The van der Waals surface area contributed by atoms with E-state index in [0.717, 1.165) is 29.1 Å². The SMILES string of the molecule is CCNC(=NCC(C)(O)c1cnn(C)c1)NCC1(c2cccc(Br)c2)CCC1. The molecule has 1 saturated carbocycles. The lowest BCUT2D eigenvalue weighted by Gasteiger charge is -2.43. The zero-order chi connectivity index (χ0) is 20.2. The number of hydrogen-bond donors (Lipinski definition) is 3. The number of aromatic nitrogens is 2. The van der Waals surface area contributed by atoms with E-state index in [-0.39, 0.29) is 12.0 Å². The van der Waals surface area contributed by atoms with E-state index in [1.165, 1.54) is 24.8 Å². The zero-order valence-electron chi connectivity index (χ0n) is 16.9. The molecule has 1 heterocycles. The van der Waals surface area contributed by atoms with Gasteiger partial charge in [-0.25, -0.2) is 4.99 Å². The van der Waals surface area contributed by atoms with Crippen LogP contribution in [-0.2, 0) is 18.1 Å². The monoisotopic (exact) mass is 447 g/mol. The number of nitrogens with one attached hydrogen (secondary N) is 2. The average Bonchev–Trinajstić information content (AvgIpc) is 3.06. The summed E-state index contributed by atoms with van der Waals surface area (Å²) in [5, 5.41) is 21.7. The number of aliphatic hydroxyl groups is 1. The first kappa shape index (κ1) is 20.9. The molecule has 7 heteroatoms. The number of aryl methyl sites for hydroxylation is 1. The largest absolute Gasteiger partial charge is 0.383 e. The molecule has 0 aliphatic heterocycles. The van der Waals surface area contributed by atoms with E-state index in [9.17, 15) is 5.11 Å². The standard InChI is InChI=1S/C21H30BrN5O/c1-4-23-19(24-14-20(2,28)17-12-26-27(3)13-17)25-15-21(9-6-10-21)16-7-5-8-18(22)11-16/h5,7-8,11-13,28H,4,6,9-10,14-15H2,1-3H3,(H2,23,24,25). The van der Waals surface area contributed by atoms with Crippen LogP contribution in [0.25, 0.3) is 0 Å². The smallest absolute Gasteiger partial charge is 0.191 e. The summed E-state index contributed by atoms with van der Waals surface area (Å²) in [4.78, 5) is 4.64. The number of aliphatic imine (C=N–C) groups is 1. The lowest BCUT2D eigenvalue weighted by atomic mass is 9.64. The summed E-state index contributed by atoms with van der Waals surface area (Å²) >= 11 is 3.59. The van der Waals surface area contributed by atoms with Gasteiger partial charge >= 0.3 is 0 Å². The topological polar surface area (TPSA) is 74.5 Å². The summed E-state index contributed by atoms with van der Waals surface area (Å²) in [5.41, 5.74) is 1.21. The molecule has 1 aromatic carbocycles. The highest BCUT2D eigenvalue weighted by molar-refractivity contribution is 9.10. The molecule has 1 unspecified atom stereocenters. The maximum absolute atomic E-state index is 10.8. The van der Waals surface area contributed by atoms with Crippen LogP contribution in [-0.4, -0.2) is 40.5 Å². The molecule has 0 amide bonds. The number of nitrogens with zero attached hydrogens (tertiary/aromatic N) is 3. The van der Waals surface area contributed by atoms with Crippen molar-refractivity contribution in [2.24, 2.45) is 12.0 Å². The van der Waals surface area contributed by atoms with Crippen LogP contribution in [0.2, 0.25) is 0 Å². The quantitative estimate of drug-likeness (QED) is 0.450. The van der Waals surface area contributed by atoms with Gasteiger partial charge in [-0.15, -0.1) is 0 Å². The van der Waals surface area contributed by atoms with Gasteiger partial charge in [0.2, 0.25) is 0 Å². The van der Waals surface area contributed by atoms with Crippen LogP contribution >= 0.6 is 15.9 Å². The summed E-state index contributed by atoms with van der Waals surface area (Å²) in [6.07, 6.45) is 7.10. The minimum absolute atomic E-state index is 0.145. The zero-order valence-corrected chi connectivity index (χ0v) is 18.5. The summed E-state index contributed by atoms with van der Waals surface area (Å²) in [6, 6.07) is 8.60. The van der Waals surface area contributed by atoms with Gasteiger partial charge in [-0.05, 0) is 44.4 Å². The molecule has 1 aliphatic carbocycles. The number of rotatable bonds is 7. The third-order valence-electron chi connectivity index (χ3n) is 5.56. The molecule has 6 nitrogen and oxygen atoms in total. The van der Waals surface area contributed by atoms with Gasteiger partial charge in [0, 0.05) is 41.8 Å². The second-order valence-corrected chi connectivity index (χ2v) is 8.79. The summed E-state index contributed by atoms with van der Waals surface area (Å²) in [5.74, 6) is 0.730. The molecule has 0 spiro atoms. The maximum Gasteiger partial charge on any atom is 0.191 e. The molecule has 3 rings (SSSR count). The van der Waals surface area contributed by atoms with Crippen LogP contribution in [0.15, 0.2) is 46.1 Å². The minimum atomic E-state index is -1.06. The van der Waals surface area contributed by atoms with E-state index in [1.54, 1.807) is 17.8 Å². The summed E-state index contributed by atoms with van der Waals surface area (Å²) in [6.45, 7) is 5.67. The van der Waals surface area contributed by atoms with E-state index in [2.05, 4.69) is 60.9 Å². The van der Waals surface area contributed by atoms with Crippen LogP contribution in [0.3, 0.4) is 0 Å². The molecule has 2 aromatic rings. The molecular formula is C21H30BrN5O. The van der Waals surface area contributed by atoms with Crippen molar-refractivity contribution in [3.8, 4) is 0 Å². The predicted octanol–water partition coefficient (Wildman–Crippen LogP) is 3.07. The van der Waals surface area contributed by atoms with Crippen molar-refractivity contribution < 1.29 is 5.11 Å². The fourth-order valence-corrected chi connectivity index (χ4v) is 4.01. The third kappa shape index (κ3) is 4.75. The average molecular weight is 448 g/mol. The normalized spacial score (nSPS) is 18.2. The van der Waals surface area contributed by atoms with E-state index in [4.69, 9.17) is 0 Å². The van der Waals surface area contributed by atoms with Crippen LogP contribution in [0.1, 0.15) is 44.2 Å². The van der Waals surface area contributed by atoms with Crippen LogP contribution in [0.5, 0.6) is 0 Å². The summed E-state index contributed by atoms with van der Waals surface area (Å²) in [7, 11) is 1.84. The van der Waals surface area contributed by atoms with Crippen molar-refractivity contribution in [3.05, 3.63) is 52.3 Å². The molecule has 3 N–H and O–H groups in total. The van der Waals surface area contributed by atoms with Crippen molar-refractivity contribution >= 4 is 21.9 Å². The van der Waals surface area contributed by atoms with E-state index in [0.29, 0.717) is 0 Å². The van der Waals surface area contributed by atoms with Crippen molar-refractivity contribution in [2.45, 2.75) is 44.1 Å². The molecule has 28 heavy (non-hydrogen) atoms. The third-order valence-corrected chi connectivity index (χ3v) is 6.05. The second kappa shape index (κ2) is 8.66. The van der Waals surface area contributed by atoms with Crippen LogP contribution in [0, 0.1) is 0 Å². The molecule has 1 fully saturated rings. The van der Waals surface area contributed by atoms with Crippen LogP contribution < -0.4 is 10.6 Å². The Labute approximate surface area is 175 Å². The van der Waals surface area contributed by atoms with Gasteiger partial charge in [-0.2, -0.15) is 5.10 Å². The number of benzene rings is 1. The van der Waals surface area contributed by atoms with Gasteiger partial charge in [-0.3, -0.25) is 4.68 Å². The minimum Gasteiger partial charge on any atom is -0.383 e. The first-order chi connectivity index (χ1) is 13.3. The predicted molar refractivity (Wildman–Crippen MR) is 116 cm³/mol. The lowest BCUT2D eigenvalue weighted by Crippen LogP contribution is -2.49. The van der Waals surface area contributed by atoms with Gasteiger partial charge in [0.25, 0.3) is 0 Å². The first-order valence-corrected chi connectivity index (χ1v) is 10.6. The van der Waals surface area contributed by atoms with Crippen molar-refractivity contribution in [1.29, 1.82) is 0 Å². The van der Waals surface area contributed by atoms with E-state index in [1.807, 2.05) is 20.2 Å². The number of hydrogen-bond acceptors (Lipinski definition) is 3. The Morgan fingerprint density at radius 1 is 1.39 bits per heavy atom. The van der Waals surface area contributed by atoms with Crippen molar-refractivity contribution in [3.63, 3.8) is 0 Å². The van der Waals surface area contributed by atoms with E-state index < -0.39 is 5.60 Å².